The number of nitrogens with zero attached hydrogens (tertiary/aromatic N) is 1. The lowest BCUT2D eigenvalue weighted by Crippen LogP contribution is -2.34. The van der Waals surface area contributed by atoms with E-state index in [2.05, 4.69) is 98.8 Å². The number of aryl methyl sites for hydroxylation is 1. The van der Waals surface area contributed by atoms with E-state index >= 15 is 0 Å². The Kier molecular flexibility index (Phi) is 3.76. The Labute approximate surface area is 182 Å². The number of rotatable bonds is 2. The van der Waals surface area contributed by atoms with Gasteiger partial charge in [-0.25, -0.2) is 0 Å². The molecule has 1 heterocycles. The first kappa shape index (κ1) is 18.1. The van der Waals surface area contributed by atoms with Crippen LogP contribution in [0.15, 0.2) is 89.9 Å². The molecule has 0 bridgehead atoms. The zero-order chi connectivity index (χ0) is 21.2. The Balaban J connectivity index is 1.80. The predicted molar refractivity (Wildman–Crippen MR) is 127 cm³/mol. The number of ether oxygens (including phenoxy) is 1. The van der Waals surface area contributed by atoms with E-state index in [0.29, 0.717) is 0 Å². The number of hydrogen-bond acceptors (Lipinski definition) is 2. The minimum absolute atomic E-state index is 0.449. The Hall–Kier alpha value is -3.65. The summed E-state index contributed by atoms with van der Waals surface area (Å²) in [6.07, 6.45) is 0. The molecule has 4 aromatic carbocycles. The predicted octanol–water partition coefficient (Wildman–Crippen LogP) is 6.76. The molecule has 1 spiro atoms. The quantitative estimate of drug-likeness (QED) is 0.363. The highest BCUT2D eigenvalue weighted by molar-refractivity contribution is 6.20. The van der Waals surface area contributed by atoms with Gasteiger partial charge < -0.3 is 4.74 Å². The van der Waals surface area contributed by atoms with Crippen LogP contribution in [0.3, 0.4) is 0 Å². The van der Waals surface area contributed by atoms with Gasteiger partial charge in [0.15, 0.2) is 0 Å². The molecule has 31 heavy (non-hydrogen) atoms. The van der Waals surface area contributed by atoms with Crippen molar-refractivity contribution in [2.75, 3.05) is 7.11 Å². The zero-order valence-electron chi connectivity index (χ0n) is 17.9. The van der Waals surface area contributed by atoms with Crippen LogP contribution in [0.2, 0.25) is 0 Å². The van der Waals surface area contributed by atoms with Crippen molar-refractivity contribution in [3.8, 4) is 16.9 Å². The molecule has 1 unspecified atom stereocenters. The van der Waals surface area contributed by atoms with Crippen molar-refractivity contribution in [1.82, 2.24) is 0 Å². The van der Waals surface area contributed by atoms with Crippen LogP contribution >= 0.6 is 0 Å². The Morgan fingerprint density at radius 1 is 0.710 bits per heavy atom. The van der Waals surface area contributed by atoms with Crippen LogP contribution in [-0.2, 0) is 5.41 Å². The van der Waals surface area contributed by atoms with Crippen molar-refractivity contribution in [2.24, 2.45) is 4.99 Å². The average molecular weight is 402 g/mol. The first-order chi connectivity index (χ1) is 15.2. The molecular weight excluding hydrogens is 378 g/mol. The Morgan fingerprint density at radius 3 is 2.26 bits per heavy atom. The highest BCUT2D eigenvalue weighted by Gasteiger charge is 2.53. The molecule has 0 amide bonds. The molecule has 4 aromatic rings. The summed E-state index contributed by atoms with van der Waals surface area (Å²) in [5, 5.41) is 0. The van der Waals surface area contributed by atoms with Crippen LogP contribution in [0.4, 0.5) is 5.69 Å². The fourth-order valence-electron chi connectivity index (χ4n) is 5.38. The van der Waals surface area contributed by atoms with E-state index in [4.69, 9.17) is 9.73 Å². The molecule has 2 heteroatoms. The minimum Gasteiger partial charge on any atom is -0.497 e. The van der Waals surface area contributed by atoms with Gasteiger partial charge in [-0.2, -0.15) is 0 Å². The van der Waals surface area contributed by atoms with Crippen molar-refractivity contribution in [2.45, 2.75) is 19.3 Å². The van der Waals surface area contributed by atoms with E-state index < -0.39 is 5.41 Å². The molecule has 1 aliphatic carbocycles. The van der Waals surface area contributed by atoms with Gasteiger partial charge in [-0.05, 0) is 70.5 Å². The molecule has 0 saturated heterocycles. The molecular formula is C29H23NO. The van der Waals surface area contributed by atoms with Gasteiger partial charge in [-0.3, -0.25) is 4.99 Å². The average Bonchev–Trinajstić information content (AvgIpc) is 3.32. The van der Waals surface area contributed by atoms with Crippen LogP contribution in [0.1, 0.15) is 33.4 Å². The van der Waals surface area contributed by atoms with Crippen LogP contribution < -0.4 is 4.74 Å². The summed E-state index contributed by atoms with van der Waals surface area (Å²) in [6, 6.07) is 30.4. The topological polar surface area (TPSA) is 21.6 Å². The molecule has 0 fully saturated rings. The lowest BCUT2D eigenvalue weighted by Gasteiger charge is -2.31. The smallest absolute Gasteiger partial charge is 0.119 e. The summed E-state index contributed by atoms with van der Waals surface area (Å²) in [7, 11) is 1.73. The second kappa shape index (κ2) is 6.42. The van der Waals surface area contributed by atoms with Gasteiger partial charge in [-0.1, -0.05) is 72.8 Å². The van der Waals surface area contributed by atoms with Crippen LogP contribution in [0.25, 0.3) is 11.1 Å². The van der Waals surface area contributed by atoms with Gasteiger partial charge in [0.1, 0.15) is 5.75 Å². The second-order valence-corrected chi connectivity index (χ2v) is 8.44. The lowest BCUT2D eigenvalue weighted by atomic mass is 9.68. The first-order valence-electron chi connectivity index (χ1n) is 10.7. The van der Waals surface area contributed by atoms with Gasteiger partial charge >= 0.3 is 0 Å². The maximum atomic E-state index is 5.67. The summed E-state index contributed by atoms with van der Waals surface area (Å²) in [5.41, 5.74) is 11.7. The maximum absolute atomic E-state index is 5.67. The molecule has 1 aliphatic heterocycles. The van der Waals surface area contributed by atoms with Gasteiger partial charge in [0, 0.05) is 0 Å². The second-order valence-electron chi connectivity index (χ2n) is 8.44. The summed E-state index contributed by atoms with van der Waals surface area (Å²) >= 11 is 0. The van der Waals surface area contributed by atoms with E-state index in [0.717, 1.165) is 22.7 Å². The Bertz CT molecular complexity index is 1380. The van der Waals surface area contributed by atoms with Gasteiger partial charge in [-0.15, -0.1) is 0 Å². The molecule has 0 radical (unpaired) electrons. The summed E-state index contributed by atoms with van der Waals surface area (Å²) in [6.45, 7) is 4.35. The molecule has 150 valence electrons. The van der Waals surface area contributed by atoms with E-state index in [-0.39, 0.29) is 0 Å². The third kappa shape index (κ3) is 2.25. The van der Waals surface area contributed by atoms with Crippen LogP contribution in [-0.4, -0.2) is 12.8 Å². The highest BCUT2D eigenvalue weighted by Crippen LogP contribution is 2.60. The third-order valence-corrected chi connectivity index (χ3v) is 6.98. The first-order valence-corrected chi connectivity index (χ1v) is 10.7. The Morgan fingerprint density at radius 2 is 1.45 bits per heavy atom. The molecule has 1 atom stereocenters. The minimum atomic E-state index is -0.449. The van der Waals surface area contributed by atoms with Crippen molar-refractivity contribution >= 4 is 11.4 Å². The SMILES string of the molecule is COc1ccc2c(c1)C1(C(c3ccccc3)=Nc3c1ccc(C)c3C)c1ccccc1-2. The normalized spacial score (nSPS) is 17.8. The number of hydrogen-bond donors (Lipinski definition) is 0. The number of methoxy groups -OCH3 is 1. The van der Waals surface area contributed by atoms with Crippen molar-refractivity contribution in [1.29, 1.82) is 0 Å². The van der Waals surface area contributed by atoms with Crippen molar-refractivity contribution in [3.63, 3.8) is 0 Å². The van der Waals surface area contributed by atoms with Gasteiger partial charge in [0.2, 0.25) is 0 Å². The maximum Gasteiger partial charge on any atom is 0.119 e. The monoisotopic (exact) mass is 401 g/mol. The lowest BCUT2D eigenvalue weighted by molar-refractivity contribution is 0.414. The fourth-order valence-corrected chi connectivity index (χ4v) is 5.38. The van der Waals surface area contributed by atoms with Gasteiger partial charge in [0.25, 0.3) is 0 Å². The third-order valence-electron chi connectivity index (χ3n) is 6.98. The van der Waals surface area contributed by atoms with E-state index in [1.807, 2.05) is 0 Å². The van der Waals surface area contributed by atoms with Crippen LogP contribution in [0.5, 0.6) is 5.75 Å². The molecule has 0 saturated carbocycles. The summed E-state index contributed by atoms with van der Waals surface area (Å²) < 4.78 is 5.67. The zero-order valence-corrected chi connectivity index (χ0v) is 17.9. The molecule has 0 aromatic heterocycles. The standard InChI is InChI=1S/C29H23NO/c1-18-13-16-25-27(19(18)2)30-28(20-9-5-4-6-10-20)29(25)24-12-8-7-11-22(24)23-15-14-21(31-3)17-26(23)29/h4-17H,1-3H3. The molecule has 2 nitrogen and oxygen atoms in total. The summed E-state index contributed by atoms with van der Waals surface area (Å²) in [4.78, 5) is 5.35. The molecule has 2 aliphatic rings. The van der Waals surface area contributed by atoms with E-state index in [9.17, 15) is 0 Å². The van der Waals surface area contributed by atoms with Crippen molar-refractivity contribution < 1.29 is 4.74 Å². The van der Waals surface area contributed by atoms with Gasteiger partial charge in [0.05, 0.1) is 23.9 Å². The highest BCUT2D eigenvalue weighted by atomic mass is 16.5. The molecule has 0 N–H and O–H groups in total. The van der Waals surface area contributed by atoms with E-state index in [1.165, 1.54) is 38.9 Å². The number of benzene rings is 4. The largest absolute Gasteiger partial charge is 0.497 e. The molecule has 6 rings (SSSR count). The van der Waals surface area contributed by atoms with E-state index in [1.54, 1.807) is 7.11 Å². The fraction of sp³-hybridized carbons (Fsp3) is 0.138. The number of aliphatic imine (C=N–C) groups is 1. The summed E-state index contributed by atoms with van der Waals surface area (Å²) in [5.74, 6) is 0.871. The van der Waals surface area contributed by atoms with Crippen LogP contribution in [0, 0.1) is 13.8 Å². The number of fused-ring (bicyclic) bond motifs is 7. The van der Waals surface area contributed by atoms with Crippen molar-refractivity contribution in [3.05, 3.63) is 118 Å².